The van der Waals surface area contributed by atoms with Crippen LogP contribution in [0, 0.1) is 0 Å². The van der Waals surface area contributed by atoms with E-state index in [0.717, 1.165) is 18.6 Å². The first-order valence-electron chi connectivity index (χ1n) is 5.40. The third kappa shape index (κ3) is 2.05. The number of benzene rings is 1. The Balaban J connectivity index is 2.16. The fourth-order valence-corrected chi connectivity index (χ4v) is 1.86. The van der Waals surface area contributed by atoms with Gasteiger partial charge in [-0.15, -0.1) is 0 Å². The van der Waals surface area contributed by atoms with Crippen LogP contribution in [0.4, 0.5) is 0 Å². The smallest absolute Gasteiger partial charge is 0.211 e. The predicted molar refractivity (Wildman–Crippen MR) is 66.9 cm³/mol. The number of aliphatic imine (C=N–C) groups is 1. The van der Waals surface area contributed by atoms with Crippen molar-refractivity contribution in [3.63, 3.8) is 0 Å². The molecular weight excluding hydrogens is 200 g/mol. The number of nitrogens with one attached hydrogen (secondary N) is 2. The van der Waals surface area contributed by atoms with Crippen molar-refractivity contribution in [1.29, 1.82) is 0 Å². The lowest BCUT2D eigenvalue weighted by Gasteiger charge is -2.04. The average Bonchev–Trinajstić information content (AvgIpc) is 2.74. The number of aryl methyl sites for hydroxylation is 1. The van der Waals surface area contributed by atoms with Crippen LogP contribution >= 0.6 is 0 Å². The number of hydrogen-bond donors (Lipinski definition) is 2. The maximum Gasteiger partial charge on any atom is 0.211 e. The van der Waals surface area contributed by atoms with Gasteiger partial charge in [0.25, 0.3) is 0 Å². The largest absolute Gasteiger partial charge is 0.358 e. The second kappa shape index (κ2) is 4.79. The molecule has 1 aromatic carbocycles. The highest BCUT2D eigenvalue weighted by atomic mass is 15.4. The Morgan fingerprint density at radius 2 is 2.06 bits per heavy atom. The van der Waals surface area contributed by atoms with Crippen molar-refractivity contribution in [2.75, 3.05) is 14.1 Å². The second-order valence-corrected chi connectivity index (χ2v) is 3.65. The van der Waals surface area contributed by atoms with Gasteiger partial charge in [-0.05, 0) is 18.4 Å². The second-order valence-electron chi connectivity index (χ2n) is 3.65. The van der Waals surface area contributed by atoms with Crippen LogP contribution < -0.4 is 10.7 Å². The minimum absolute atomic E-state index is 0.678. The first-order chi connectivity index (χ1) is 7.85. The molecule has 84 valence electrons. The number of rotatable bonds is 1. The monoisotopic (exact) mass is 216 g/mol. The summed E-state index contributed by atoms with van der Waals surface area (Å²) in [5.41, 5.74) is 6.66. The normalized spacial score (nSPS) is 17.4. The van der Waals surface area contributed by atoms with Crippen LogP contribution in [0.25, 0.3) is 0 Å². The third-order valence-corrected chi connectivity index (χ3v) is 2.72. The molecule has 1 aromatic rings. The summed E-state index contributed by atoms with van der Waals surface area (Å²) in [5.74, 6) is 0.678. The number of hydrazone groups is 1. The Morgan fingerprint density at radius 1 is 1.25 bits per heavy atom. The number of guanidine groups is 1. The number of nitrogens with zero attached hydrogens (tertiary/aromatic N) is 2. The average molecular weight is 216 g/mol. The van der Waals surface area contributed by atoms with E-state index in [1.54, 1.807) is 7.05 Å². The van der Waals surface area contributed by atoms with Crippen LogP contribution in [0.15, 0.2) is 34.4 Å². The number of hydrogen-bond acceptors (Lipinski definition) is 2. The lowest BCUT2D eigenvalue weighted by molar-refractivity contribution is 0.929. The fraction of sp³-hybridized carbons (Fsp3) is 0.333. The van der Waals surface area contributed by atoms with Crippen molar-refractivity contribution >= 4 is 11.7 Å². The highest BCUT2D eigenvalue weighted by Gasteiger charge is 2.16. The number of fused-ring (bicyclic) bond motifs is 1. The van der Waals surface area contributed by atoms with Gasteiger partial charge in [-0.25, -0.2) is 5.43 Å². The van der Waals surface area contributed by atoms with Gasteiger partial charge in [0.15, 0.2) is 0 Å². The summed E-state index contributed by atoms with van der Waals surface area (Å²) in [5, 5.41) is 7.31. The zero-order valence-electron chi connectivity index (χ0n) is 9.62. The van der Waals surface area contributed by atoms with E-state index in [1.165, 1.54) is 11.1 Å². The van der Waals surface area contributed by atoms with Crippen LogP contribution in [0.5, 0.6) is 0 Å². The molecule has 2 N–H and O–H groups in total. The predicted octanol–water partition coefficient (Wildman–Crippen LogP) is 1.13. The van der Waals surface area contributed by atoms with E-state index in [9.17, 15) is 0 Å². The molecular formula is C12H16N4. The van der Waals surface area contributed by atoms with Gasteiger partial charge in [0.2, 0.25) is 5.96 Å². The molecule has 0 saturated carbocycles. The zero-order chi connectivity index (χ0) is 11.4. The van der Waals surface area contributed by atoms with E-state index in [0.29, 0.717) is 5.96 Å². The standard InChI is InChI=1S/C12H16N4/c1-13-12(14-2)16-15-11-8-7-9-5-3-4-6-10(9)11/h3-6H,7-8H2,1-2H3,(H2,13,14,16)/b15-11+. The lowest BCUT2D eigenvalue weighted by Crippen LogP contribution is -2.31. The van der Waals surface area contributed by atoms with E-state index in [4.69, 9.17) is 0 Å². The van der Waals surface area contributed by atoms with Gasteiger partial charge in [0.1, 0.15) is 0 Å². The van der Waals surface area contributed by atoms with Crippen LogP contribution in [-0.4, -0.2) is 25.8 Å². The maximum absolute atomic E-state index is 4.38. The Hall–Kier alpha value is -1.84. The maximum atomic E-state index is 4.38. The van der Waals surface area contributed by atoms with Crippen molar-refractivity contribution in [2.24, 2.45) is 10.1 Å². The summed E-state index contributed by atoms with van der Waals surface area (Å²) in [6.45, 7) is 0. The molecule has 0 unspecified atom stereocenters. The van der Waals surface area contributed by atoms with Gasteiger partial charge in [-0.2, -0.15) is 5.10 Å². The van der Waals surface area contributed by atoms with Gasteiger partial charge in [-0.3, -0.25) is 4.99 Å². The molecule has 0 amide bonds. The molecule has 0 aromatic heterocycles. The summed E-state index contributed by atoms with van der Waals surface area (Å²) in [6, 6.07) is 8.39. The minimum atomic E-state index is 0.678. The molecule has 0 bridgehead atoms. The fourth-order valence-electron chi connectivity index (χ4n) is 1.86. The minimum Gasteiger partial charge on any atom is -0.358 e. The van der Waals surface area contributed by atoms with Crippen LogP contribution in [0.3, 0.4) is 0 Å². The lowest BCUT2D eigenvalue weighted by atomic mass is 10.1. The molecule has 0 aliphatic heterocycles. The van der Waals surface area contributed by atoms with Gasteiger partial charge < -0.3 is 5.32 Å². The van der Waals surface area contributed by atoms with Gasteiger partial charge >= 0.3 is 0 Å². The molecule has 0 radical (unpaired) electrons. The van der Waals surface area contributed by atoms with E-state index in [1.807, 2.05) is 13.1 Å². The summed E-state index contributed by atoms with van der Waals surface area (Å²) < 4.78 is 0. The zero-order valence-corrected chi connectivity index (χ0v) is 9.62. The van der Waals surface area contributed by atoms with Crippen molar-refractivity contribution in [3.8, 4) is 0 Å². The molecule has 0 heterocycles. The molecule has 0 spiro atoms. The summed E-state index contributed by atoms with van der Waals surface area (Å²) in [7, 11) is 3.54. The molecule has 0 fully saturated rings. The third-order valence-electron chi connectivity index (χ3n) is 2.72. The molecule has 4 nitrogen and oxygen atoms in total. The van der Waals surface area contributed by atoms with Crippen molar-refractivity contribution in [2.45, 2.75) is 12.8 Å². The Bertz CT molecular complexity index is 434. The molecule has 1 aliphatic rings. The molecule has 16 heavy (non-hydrogen) atoms. The molecule has 0 saturated heterocycles. The Morgan fingerprint density at radius 3 is 2.81 bits per heavy atom. The van der Waals surface area contributed by atoms with Gasteiger partial charge in [0.05, 0.1) is 5.71 Å². The SMILES string of the molecule is CN=C(NC)N/N=C1\CCc2ccccc21. The highest BCUT2D eigenvalue weighted by molar-refractivity contribution is 6.04. The van der Waals surface area contributed by atoms with Crippen LogP contribution in [0.1, 0.15) is 17.5 Å². The highest BCUT2D eigenvalue weighted by Crippen LogP contribution is 2.21. The van der Waals surface area contributed by atoms with Gasteiger partial charge in [-0.1, -0.05) is 24.3 Å². The van der Waals surface area contributed by atoms with E-state index in [2.05, 4.69) is 39.0 Å². The quantitative estimate of drug-likeness (QED) is 0.420. The molecule has 2 rings (SSSR count). The van der Waals surface area contributed by atoms with Gasteiger partial charge in [0, 0.05) is 19.7 Å². The van der Waals surface area contributed by atoms with Crippen molar-refractivity contribution in [1.82, 2.24) is 10.7 Å². The molecule has 4 heteroatoms. The molecule has 0 atom stereocenters. The van der Waals surface area contributed by atoms with Crippen LogP contribution in [-0.2, 0) is 6.42 Å². The summed E-state index contributed by atoms with van der Waals surface area (Å²) in [6.07, 6.45) is 2.07. The van der Waals surface area contributed by atoms with Crippen molar-refractivity contribution in [3.05, 3.63) is 35.4 Å². The summed E-state index contributed by atoms with van der Waals surface area (Å²) >= 11 is 0. The van der Waals surface area contributed by atoms with E-state index < -0.39 is 0 Å². The first-order valence-corrected chi connectivity index (χ1v) is 5.40. The Labute approximate surface area is 95.5 Å². The topological polar surface area (TPSA) is 48.8 Å². The van der Waals surface area contributed by atoms with Crippen molar-refractivity contribution < 1.29 is 0 Å². The van der Waals surface area contributed by atoms with E-state index >= 15 is 0 Å². The summed E-state index contributed by atoms with van der Waals surface area (Å²) in [4.78, 5) is 4.01. The first kappa shape index (κ1) is 10.7. The Kier molecular flexibility index (Phi) is 3.19. The molecule has 1 aliphatic carbocycles. The van der Waals surface area contributed by atoms with E-state index in [-0.39, 0.29) is 0 Å². The van der Waals surface area contributed by atoms with Crippen LogP contribution in [0.2, 0.25) is 0 Å².